The third kappa shape index (κ3) is 8.10. The Balaban J connectivity index is 1.45. The average molecular weight is 524 g/mol. The minimum Gasteiger partial charge on any atom is -0.480 e. The number of carboxylic acids is 1. The van der Waals surface area contributed by atoms with Crippen LogP contribution in [0.25, 0.3) is 16.8 Å². The highest BCUT2D eigenvalue weighted by atomic mass is 16.4. The zero-order valence-corrected chi connectivity index (χ0v) is 22.9. The Bertz CT molecular complexity index is 1150. The molecule has 2 heterocycles. The maximum Gasteiger partial charge on any atom is 0.322 e. The minimum absolute atomic E-state index is 0.0344. The van der Waals surface area contributed by atoms with Gasteiger partial charge in [0.1, 0.15) is 12.1 Å². The molecule has 2 aromatic rings. The van der Waals surface area contributed by atoms with Crippen molar-refractivity contribution in [1.82, 2.24) is 26.1 Å². The summed E-state index contributed by atoms with van der Waals surface area (Å²) in [7, 11) is 0. The summed E-state index contributed by atoms with van der Waals surface area (Å²) in [6.07, 6.45) is 9.79. The lowest BCUT2D eigenvalue weighted by atomic mass is 10.0. The Morgan fingerprint density at radius 2 is 2.00 bits per heavy atom. The van der Waals surface area contributed by atoms with E-state index in [2.05, 4.69) is 58.3 Å². The van der Waals surface area contributed by atoms with Gasteiger partial charge in [-0.25, -0.2) is 5.43 Å². The lowest BCUT2D eigenvalue weighted by Crippen LogP contribution is -2.60. The number of aliphatic carboxylic acids is 1. The highest BCUT2D eigenvalue weighted by molar-refractivity contribution is 5.90. The molecule has 1 saturated heterocycles. The van der Waals surface area contributed by atoms with Crippen molar-refractivity contribution >= 4 is 34.6 Å². The molecule has 1 aromatic heterocycles. The summed E-state index contributed by atoms with van der Waals surface area (Å²) >= 11 is 0. The Hall–Kier alpha value is -3.30. The van der Waals surface area contributed by atoms with Crippen LogP contribution in [0.1, 0.15) is 64.6 Å². The van der Waals surface area contributed by atoms with Gasteiger partial charge in [-0.05, 0) is 74.6 Å². The maximum absolute atomic E-state index is 12.9. The summed E-state index contributed by atoms with van der Waals surface area (Å²) in [4.78, 5) is 41.5. The third-order valence-corrected chi connectivity index (χ3v) is 6.84. The standard InChI is InChI=1S/C29H41N5O4/c1-5-21-12-13-22-18-31-24(17-23(22)16-21)10-7-6-8-14-30-26(19(2)3)27(35)32-20(4)28(36)34-15-9-11-25(33-34)29(37)38/h7,10,12-13,16-20,25-26,30,33H,5-6,8-9,11,14-15H2,1-4H3,(H,32,35)(H,37,38). The largest absolute Gasteiger partial charge is 0.480 e. The van der Waals surface area contributed by atoms with Gasteiger partial charge in [0.25, 0.3) is 5.91 Å². The van der Waals surface area contributed by atoms with Gasteiger partial charge in [-0.15, -0.1) is 0 Å². The quantitative estimate of drug-likeness (QED) is 0.315. The first kappa shape index (κ1) is 29.3. The molecule has 1 fully saturated rings. The van der Waals surface area contributed by atoms with Crippen molar-refractivity contribution in [3.05, 3.63) is 47.8 Å². The van der Waals surface area contributed by atoms with Crippen molar-refractivity contribution < 1.29 is 19.5 Å². The van der Waals surface area contributed by atoms with Crippen LogP contribution >= 0.6 is 0 Å². The van der Waals surface area contributed by atoms with Gasteiger partial charge in [0.2, 0.25) is 5.91 Å². The number of nitrogens with zero attached hydrogens (tertiary/aromatic N) is 2. The van der Waals surface area contributed by atoms with E-state index in [-0.39, 0.29) is 17.7 Å². The van der Waals surface area contributed by atoms with E-state index in [1.54, 1.807) is 6.92 Å². The van der Waals surface area contributed by atoms with E-state index in [1.807, 2.05) is 26.1 Å². The van der Waals surface area contributed by atoms with Gasteiger partial charge in [-0.2, -0.15) is 0 Å². The summed E-state index contributed by atoms with van der Waals surface area (Å²) in [5.41, 5.74) is 4.98. The fraction of sp³-hybridized carbons (Fsp3) is 0.517. The van der Waals surface area contributed by atoms with Crippen LogP contribution in [-0.4, -0.2) is 64.1 Å². The molecule has 0 bridgehead atoms. The van der Waals surface area contributed by atoms with E-state index in [0.29, 0.717) is 25.9 Å². The number of hydrogen-bond donors (Lipinski definition) is 4. The number of carbonyl (C=O) groups is 3. The fourth-order valence-corrected chi connectivity index (χ4v) is 4.55. The smallest absolute Gasteiger partial charge is 0.322 e. The van der Waals surface area contributed by atoms with Crippen LogP contribution in [0, 0.1) is 5.92 Å². The molecule has 1 aromatic carbocycles. The van der Waals surface area contributed by atoms with Crippen LogP contribution in [0.5, 0.6) is 0 Å². The van der Waals surface area contributed by atoms with Gasteiger partial charge >= 0.3 is 5.97 Å². The number of unbranched alkanes of at least 4 members (excludes halogenated alkanes) is 1. The molecule has 1 aliphatic heterocycles. The number of carbonyl (C=O) groups excluding carboxylic acids is 2. The van der Waals surface area contributed by atoms with Crippen LogP contribution in [0.2, 0.25) is 0 Å². The molecule has 2 amide bonds. The highest BCUT2D eigenvalue weighted by Gasteiger charge is 2.31. The second-order valence-corrected chi connectivity index (χ2v) is 10.2. The van der Waals surface area contributed by atoms with E-state index < -0.39 is 24.1 Å². The van der Waals surface area contributed by atoms with Crippen LogP contribution < -0.4 is 16.1 Å². The van der Waals surface area contributed by atoms with Crippen molar-refractivity contribution in [2.45, 2.75) is 77.9 Å². The monoisotopic (exact) mass is 523 g/mol. The van der Waals surface area contributed by atoms with Gasteiger partial charge in [0, 0.05) is 18.1 Å². The SMILES string of the molecule is CCc1ccc2cnc(C=CCCCNC(C(=O)NC(C)C(=O)N3CCCC(C(=O)O)N3)C(C)C)cc2c1. The lowest BCUT2D eigenvalue weighted by Gasteiger charge is -2.34. The van der Waals surface area contributed by atoms with E-state index in [0.717, 1.165) is 30.3 Å². The molecule has 9 nitrogen and oxygen atoms in total. The molecule has 3 unspecified atom stereocenters. The number of aromatic nitrogens is 1. The first-order chi connectivity index (χ1) is 18.2. The molecule has 3 rings (SSSR count). The topological polar surface area (TPSA) is 124 Å². The van der Waals surface area contributed by atoms with Crippen LogP contribution in [0.4, 0.5) is 0 Å². The number of carboxylic acid groups (broad SMARTS) is 1. The van der Waals surface area contributed by atoms with Crippen molar-refractivity contribution in [1.29, 1.82) is 0 Å². The fourth-order valence-electron chi connectivity index (χ4n) is 4.55. The molecular formula is C29H41N5O4. The van der Waals surface area contributed by atoms with Gasteiger partial charge < -0.3 is 15.7 Å². The number of benzene rings is 1. The molecule has 0 aliphatic carbocycles. The molecule has 9 heteroatoms. The third-order valence-electron chi connectivity index (χ3n) is 6.84. The number of nitrogens with one attached hydrogen (secondary N) is 3. The van der Waals surface area contributed by atoms with Crippen molar-refractivity contribution in [3.8, 4) is 0 Å². The van der Waals surface area contributed by atoms with Crippen LogP contribution in [0.15, 0.2) is 36.5 Å². The van der Waals surface area contributed by atoms with Gasteiger partial charge in [-0.3, -0.25) is 24.4 Å². The number of amides is 2. The zero-order valence-electron chi connectivity index (χ0n) is 22.9. The maximum atomic E-state index is 12.9. The first-order valence-corrected chi connectivity index (χ1v) is 13.6. The predicted octanol–water partition coefficient (Wildman–Crippen LogP) is 3.29. The Labute approximate surface area is 225 Å². The molecule has 0 saturated carbocycles. The second-order valence-electron chi connectivity index (χ2n) is 10.2. The average Bonchev–Trinajstić information content (AvgIpc) is 2.91. The molecular weight excluding hydrogens is 482 g/mol. The van der Waals surface area contributed by atoms with E-state index in [4.69, 9.17) is 0 Å². The molecule has 3 atom stereocenters. The Kier molecular flexibility index (Phi) is 10.8. The minimum atomic E-state index is -0.989. The Morgan fingerprint density at radius 1 is 1.21 bits per heavy atom. The van der Waals surface area contributed by atoms with E-state index >= 15 is 0 Å². The number of hydrazine groups is 1. The number of pyridine rings is 1. The number of allylic oxidation sites excluding steroid dienone is 1. The van der Waals surface area contributed by atoms with E-state index in [9.17, 15) is 19.5 Å². The van der Waals surface area contributed by atoms with Gasteiger partial charge in [0.05, 0.1) is 11.7 Å². The first-order valence-electron chi connectivity index (χ1n) is 13.6. The van der Waals surface area contributed by atoms with Crippen molar-refractivity contribution in [2.24, 2.45) is 5.92 Å². The molecule has 1 aliphatic rings. The van der Waals surface area contributed by atoms with Crippen molar-refractivity contribution in [3.63, 3.8) is 0 Å². The van der Waals surface area contributed by atoms with Gasteiger partial charge in [0.15, 0.2) is 0 Å². The summed E-state index contributed by atoms with van der Waals surface area (Å²) in [5, 5.41) is 19.0. The molecule has 206 valence electrons. The van der Waals surface area contributed by atoms with Crippen LogP contribution in [-0.2, 0) is 20.8 Å². The summed E-state index contributed by atoms with van der Waals surface area (Å²) in [5.74, 6) is -1.54. The summed E-state index contributed by atoms with van der Waals surface area (Å²) in [6.45, 7) is 8.76. The highest BCUT2D eigenvalue weighted by Crippen LogP contribution is 2.17. The number of fused-ring (bicyclic) bond motifs is 1. The summed E-state index contributed by atoms with van der Waals surface area (Å²) in [6, 6.07) is 6.56. The number of rotatable bonds is 12. The molecule has 4 N–H and O–H groups in total. The predicted molar refractivity (Wildman–Crippen MR) is 149 cm³/mol. The zero-order chi connectivity index (χ0) is 27.7. The number of hydrogen-bond acceptors (Lipinski definition) is 6. The number of aryl methyl sites for hydroxylation is 1. The molecule has 0 radical (unpaired) electrons. The Morgan fingerprint density at radius 3 is 2.71 bits per heavy atom. The molecule has 0 spiro atoms. The second kappa shape index (κ2) is 14.0. The van der Waals surface area contributed by atoms with Gasteiger partial charge in [-0.1, -0.05) is 45.0 Å². The summed E-state index contributed by atoms with van der Waals surface area (Å²) < 4.78 is 0. The van der Waals surface area contributed by atoms with Crippen LogP contribution in [0.3, 0.4) is 0 Å². The normalized spacial score (nSPS) is 17.6. The van der Waals surface area contributed by atoms with E-state index in [1.165, 1.54) is 16.0 Å². The lowest BCUT2D eigenvalue weighted by molar-refractivity contribution is -0.148. The van der Waals surface area contributed by atoms with Crippen molar-refractivity contribution in [2.75, 3.05) is 13.1 Å². The molecule has 38 heavy (non-hydrogen) atoms.